The van der Waals surface area contributed by atoms with Gasteiger partial charge in [0.1, 0.15) is 21.5 Å². The summed E-state index contributed by atoms with van der Waals surface area (Å²) in [5.74, 6) is -1.99. The van der Waals surface area contributed by atoms with Crippen LogP contribution in [0.2, 0.25) is 0 Å². The molecule has 1 aromatic rings. The largest absolute Gasteiger partial charge is 0.506 e. The predicted octanol–water partition coefficient (Wildman–Crippen LogP) is 2.32. The summed E-state index contributed by atoms with van der Waals surface area (Å²) in [4.78, 5) is 10.6. The van der Waals surface area contributed by atoms with Crippen LogP contribution in [-0.2, 0) is 0 Å². The average Bonchev–Trinajstić information content (AvgIpc) is 2.07. The first-order chi connectivity index (χ1) is 5.95. The Balaban J connectivity index is 3.50. The molecule has 0 aromatic heterocycles. The number of hydrogen-bond acceptors (Lipinski definition) is 3. The number of phenols is 2. The van der Waals surface area contributed by atoms with Gasteiger partial charge in [-0.2, -0.15) is 0 Å². The number of hydrogen-bond donors (Lipinski definition) is 3. The van der Waals surface area contributed by atoms with E-state index in [1.54, 1.807) is 0 Å². The maximum absolute atomic E-state index is 10.6. The lowest BCUT2D eigenvalue weighted by molar-refractivity contribution is 0.0693. The van der Waals surface area contributed by atoms with Crippen LogP contribution in [0.4, 0.5) is 0 Å². The fourth-order valence-corrected chi connectivity index (χ4v) is 1.88. The third kappa shape index (κ3) is 1.78. The maximum Gasteiger partial charge on any atom is 0.339 e. The molecule has 0 spiro atoms. The Labute approximate surface area is 90.1 Å². The highest BCUT2D eigenvalue weighted by Gasteiger charge is 2.18. The SMILES string of the molecule is O=C(O)c1cc(Br)c(O)c(Br)c1O. The average molecular weight is 312 g/mol. The molecule has 4 nitrogen and oxygen atoms in total. The van der Waals surface area contributed by atoms with E-state index in [4.69, 9.17) is 5.11 Å². The number of benzene rings is 1. The Kier molecular flexibility index (Phi) is 2.82. The minimum absolute atomic E-state index is 0.0423. The van der Waals surface area contributed by atoms with Crippen LogP contribution in [0.5, 0.6) is 11.5 Å². The summed E-state index contributed by atoms with van der Waals surface area (Å²) in [6.45, 7) is 0. The van der Waals surface area contributed by atoms with Crippen LogP contribution in [0.1, 0.15) is 10.4 Å². The van der Waals surface area contributed by atoms with E-state index in [9.17, 15) is 15.0 Å². The number of aromatic carboxylic acids is 1. The summed E-state index contributed by atoms with van der Waals surface area (Å²) in [5.41, 5.74) is -0.281. The second kappa shape index (κ2) is 3.55. The molecule has 6 heteroatoms. The topological polar surface area (TPSA) is 77.8 Å². The van der Waals surface area contributed by atoms with E-state index in [1.807, 2.05) is 0 Å². The molecule has 0 saturated heterocycles. The highest BCUT2D eigenvalue weighted by atomic mass is 79.9. The van der Waals surface area contributed by atoms with Crippen molar-refractivity contribution in [1.82, 2.24) is 0 Å². The van der Waals surface area contributed by atoms with Crippen molar-refractivity contribution in [2.75, 3.05) is 0 Å². The van der Waals surface area contributed by atoms with Crippen molar-refractivity contribution in [3.05, 3.63) is 20.6 Å². The van der Waals surface area contributed by atoms with Crippen LogP contribution in [0, 0.1) is 0 Å². The van der Waals surface area contributed by atoms with Gasteiger partial charge in [0.05, 0.1) is 4.47 Å². The molecule has 0 aliphatic rings. The van der Waals surface area contributed by atoms with Crippen molar-refractivity contribution < 1.29 is 20.1 Å². The van der Waals surface area contributed by atoms with E-state index in [0.29, 0.717) is 0 Å². The molecule has 1 aromatic carbocycles. The number of carbonyl (C=O) groups is 1. The van der Waals surface area contributed by atoms with Crippen LogP contribution < -0.4 is 0 Å². The van der Waals surface area contributed by atoms with E-state index in [2.05, 4.69) is 31.9 Å². The molecule has 0 aliphatic heterocycles. The monoisotopic (exact) mass is 310 g/mol. The number of aromatic hydroxyl groups is 2. The highest BCUT2D eigenvalue weighted by molar-refractivity contribution is 9.11. The van der Waals surface area contributed by atoms with E-state index < -0.39 is 11.7 Å². The minimum atomic E-state index is -1.26. The molecular formula is C7H4Br2O4. The zero-order valence-corrected chi connectivity index (χ0v) is 9.26. The molecular weight excluding hydrogens is 308 g/mol. The smallest absolute Gasteiger partial charge is 0.339 e. The molecule has 0 atom stereocenters. The van der Waals surface area contributed by atoms with Gasteiger partial charge < -0.3 is 15.3 Å². The lowest BCUT2D eigenvalue weighted by Crippen LogP contribution is -1.97. The van der Waals surface area contributed by atoms with Gasteiger partial charge in [0.25, 0.3) is 0 Å². The molecule has 0 unspecified atom stereocenters. The molecule has 0 aliphatic carbocycles. The van der Waals surface area contributed by atoms with Crippen molar-refractivity contribution in [2.24, 2.45) is 0 Å². The van der Waals surface area contributed by atoms with Crippen LogP contribution in [0.3, 0.4) is 0 Å². The second-order valence-electron chi connectivity index (χ2n) is 2.22. The Morgan fingerprint density at radius 1 is 1.23 bits per heavy atom. The van der Waals surface area contributed by atoms with Crippen LogP contribution in [0.25, 0.3) is 0 Å². The summed E-state index contributed by atoms with van der Waals surface area (Å²) >= 11 is 5.80. The first kappa shape index (κ1) is 10.3. The molecule has 3 N–H and O–H groups in total. The first-order valence-electron chi connectivity index (χ1n) is 3.08. The zero-order valence-electron chi connectivity index (χ0n) is 6.08. The van der Waals surface area contributed by atoms with Crippen molar-refractivity contribution in [3.63, 3.8) is 0 Å². The molecule has 0 radical (unpaired) electrons. The molecule has 70 valence electrons. The first-order valence-corrected chi connectivity index (χ1v) is 4.67. The van der Waals surface area contributed by atoms with Crippen molar-refractivity contribution >= 4 is 37.8 Å². The van der Waals surface area contributed by atoms with Crippen LogP contribution in [-0.4, -0.2) is 21.3 Å². The Morgan fingerprint density at radius 3 is 2.23 bits per heavy atom. The van der Waals surface area contributed by atoms with E-state index >= 15 is 0 Å². The lowest BCUT2D eigenvalue weighted by Gasteiger charge is -2.05. The standard InChI is InChI=1S/C7H4Br2O4/c8-3-1-2(7(12)13)5(10)4(9)6(3)11/h1,10-11H,(H,12,13). The third-order valence-electron chi connectivity index (χ3n) is 1.40. The second-order valence-corrected chi connectivity index (χ2v) is 3.87. The van der Waals surface area contributed by atoms with Gasteiger partial charge in [-0.3, -0.25) is 0 Å². The summed E-state index contributed by atoms with van der Waals surface area (Å²) < 4.78 is 0.161. The third-order valence-corrected chi connectivity index (χ3v) is 2.75. The molecule has 0 fully saturated rings. The van der Waals surface area contributed by atoms with Gasteiger partial charge in [-0.25, -0.2) is 4.79 Å². The molecule has 0 heterocycles. The molecule has 0 amide bonds. The van der Waals surface area contributed by atoms with Crippen molar-refractivity contribution in [2.45, 2.75) is 0 Å². The molecule has 13 heavy (non-hydrogen) atoms. The Hall–Kier alpha value is -0.750. The summed E-state index contributed by atoms with van der Waals surface area (Å²) in [7, 11) is 0. The molecule has 0 bridgehead atoms. The minimum Gasteiger partial charge on any atom is -0.506 e. The van der Waals surface area contributed by atoms with Gasteiger partial charge in [0, 0.05) is 0 Å². The summed E-state index contributed by atoms with van der Waals surface area (Å²) in [6.07, 6.45) is 0. The van der Waals surface area contributed by atoms with Gasteiger partial charge in [0.15, 0.2) is 0 Å². The van der Waals surface area contributed by atoms with Gasteiger partial charge in [-0.15, -0.1) is 0 Å². The molecule has 1 rings (SSSR count). The predicted molar refractivity (Wildman–Crippen MR) is 52.1 cm³/mol. The van der Waals surface area contributed by atoms with Crippen molar-refractivity contribution in [1.29, 1.82) is 0 Å². The van der Waals surface area contributed by atoms with Crippen molar-refractivity contribution in [3.8, 4) is 11.5 Å². The van der Waals surface area contributed by atoms with Gasteiger partial charge in [0.2, 0.25) is 0 Å². The lowest BCUT2D eigenvalue weighted by atomic mass is 10.2. The quantitative estimate of drug-likeness (QED) is 0.744. The number of phenolic OH excluding ortho intramolecular Hbond substituents is 1. The Bertz CT molecular complexity index is 375. The summed E-state index contributed by atoms with van der Waals surface area (Å²) in [6, 6.07) is 1.12. The van der Waals surface area contributed by atoms with Gasteiger partial charge in [-0.05, 0) is 37.9 Å². The fourth-order valence-electron chi connectivity index (χ4n) is 0.762. The van der Waals surface area contributed by atoms with E-state index in [1.165, 1.54) is 0 Å². The highest BCUT2D eigenvalue weighted by Crippen LogP contribution is 2.41. The summed E-state index contributed by atoms with van der Waals surface area (Å²) in [5, 5.41) is 27.1. The van der Waals surface area contributed by atoms with E-state index in [0.717, 1.165) is 6.07 Å². The number of halogens is 2. The van der Waals surface area contributed by atoms with Gasteiger partial charge in [-0.1, -0.05) is 0 Å². The molecule has 0 saturated carbocycles. The number of carboxylic acid groups (broad SMARTS) is 1. The Morgan fingerprint density at radius 2 is 1.77 bits per heavy atom. The van der Waals surface area contributed by atoms with Gasteiger partial charge >= 0.3 is 5.97 Å². The number of rotatable bonds is 1. The van der Waals surface area contributed by atoms with E-state index in [-0.39, 0.29) is 20.3 Å². The fraction of sp³-hybridized carbons (Fsp3) is 0. The van der Waals surface area contributed by atoms with Crippen LogP contribution >= 0.6 is 31.9 Å². The number of carboxylic acids is 1. The maximum atomic E-state index is 10.6. The van der Waals surface area contributed by atoms with Crippen LogP contribution in [0.15, 0.2) is 15.0 Å². The zero-order chi connectivity index (χ0) is 10.2. The normalized spacial score (nSPS) is 10.0.